The van der Waals surface area contributed by atoms with Crippen LogP contribution in [0.2, 0.25) is 0 Å². The summed E-state index contributed by atoms with van der Waals surface area (Å²) in [5, 5.41) is 2.70. The van der Waals surface area contributed by atoms with Gasteiger partial charge in [-0.25, -0.2) is 0 Å². The van der Waals surface area contributed by atoms with Gasteiger partial charge in [-0.1, -0.05) is 48.5 Å². The molecule has 2 unspecified atom stereocenters. The summed E-state index contributed by atoms with van der Waals surface area (Å²) in [6.07, 6.45) is 0. The summed E-state index contributed by atoms with van der Waals surface area (Å²) in [6, 6.07) is 19.7. The van der Waals surface area contributed by atoms with Crippen molar-refractivity contribution < 1.29 is 4.79 Å². The van der Waals surface area contributed by atoms with Crippen LogP contribution in [0.3, 0.4) is 0 Å². The number of carbonyl (C=O) groups is 1. The Balaban J connectivity index is 2.07. The van der Waals surface area contributed by atoms with Crippen LogP contribution in [-0.2, 0) is 11.3 Å². The molecule has 0 spiro atoms. The molecule has 0 heterocycles. The van der Waals surface area contributed by atoms with Crippen LogP contribution in [0, 0.1) is 0 Å². The van der Waals surface area contributed by atoms with Gasteiger partial charge >= 0.3 is 0 Å². The number of amides is 1. The summed E-state index contributed by atoms with van der Waals surface area (Å²) in [5.41, 5.74) is 1.07. The van der Waals surface area contributed by atoms with Crippen molar-refractivity contribution in [1.82, 2.24) is 5.32 Å². The van der Waals surface area contributed by atoms with Crippen LogP contribution in [0.15, 0.2) is 65.6 Å². The predicted molar refractivity (Wildman–Crippen MR) is 94.3 cm³/mol. The molecule has 4 heteroatoms. The van der Waals surface area contributed by atoms with E-state index in [4.69, 9.17) is 11.6 Å². The van der Waals surface area contributed by atoms with Crippen LogP contribution >= 0.6 is 23.4 Å². The third kappa shape index (κ3) is 4.28. The minimum absolute atomic E-state index is 0.0484. The third-order valence-corrected chi connectivity index (χ3v) is 5.62. The van der Waals surface area contributed by atoms with Crippen molar-refractivity contribution in [1.29, 1.82) is 0 Å². The van der Waals surface area contributed by atoms with E-state index in [9.17, 15) is 4.79 Å². The van der Waals surface area contributed by atoms with Gasteiger partial charge in [0.05, 0.1) is 5.38 Å². The molecule has 0 aliphatic carbocycles. The Hall–Kier alpha value is -1.45. The second-order valence-electron chi connectivity index (χ2n) is 5.31. The van der Waals surface area contributed by atoms with Gasteiger partial charge in [-0.05, 0) is 31.5 Å². The van der Waals surface area contributed by atoms with E-state index in [0.717, 1.165) is 10.5 Å². The number of carbonyl (C=O) groups excluding carboxylic acids is 1. The highest BCUT2D eigenvalue weighted by molar-refractivity contribution is 8.01. The molecular weight excluding hydrogens is 314 g/mol. The molecule has 2 atom stereocenters. The van der Waals surface area contributed by atoms with Gasteiger partial charge in [0, 0.05) is 11.4 Å². The van der Waals surface area contributed by atoms with Crippen molar-refractivity contribution in [2.45, 2.75) is 35.4 Å². The van der Waals surface area contributed by atoms with Gasteiger partial charge in [0.15, 0.2) is 0 Å². The van der Waals surface area contributed by atoms with Gasteiger partial charge in [-0.3, -0.25) is 4.79 Å². The van der Waals surface area contributed by atoms with Gasteiger partial charge in [0.1, 0.15) is 4.75 Å². The Morgan fingerprint density at radius 3 is 2.23 bits per heavy atom. The minimum atomic E-state index is -0.725. The van der Waals surface area contributed by atoms with E-state index in [1.807, 2.05) is 74.5 Å². The molecule has 2 aromatic rings. The molecule has 0 radical (unpaired) electrons. The number of halogens is 1. The number of alkyl halides is 1. The first-order valence-corrected chi connectivity index (χ1v) is 8.48. The van der Waals surface area contributed by atoms with Crippen molar-refractivity contribution in [3.05, 3.63) is 66.2 Å². The van der Waals surface area contributed by atoms with Crippen molar-refractivity contribution >= 4 is 29.3 Å². The molecule has 0 saturated carbocycles. The number of benzene rings is 2. The zero-order valence-electron chi connectivity index (χ0n) is 12.8. The lowest BCUT2D eigenvalue weighted by molar-refractivity contribution is -0.123. The molecule has 2 nitrogen and oxygen atoms in total. The fraction of sp³-hybridized carbons (Fsp3) is 0.278. The third-order valence-electron chi connectivity index (χ3n) is 3.58. The molecule has 0 aromatic heterocycles. The Morgan fingerprint density at radius 1 is 1.14 bits per heavy atom. The Kier molecular flexibility index (Phi) is 5.92. The van der Waals surface area contributed by atoms with Gasteiger partial charge in [-0.2, -0.15) is 0 Å². The van der Waals surface area contributed by atoms with Crippen LogP contribution in [0.5, 0.6) is 0 Å². The highest BCUT2D eigenvalue weighted by atomic mass is 35.5. The first kappa shape index (κ1) is 16.9. The maximum atomic E-state index is 12.7. The maximum absolute atomic E-state index is 12.7. The predicted octanol–water partition coefficient (Wildman–Crippen LogP) is 4.48. The molecule has 0 saturated heterocycles. The first-order chi connectivity index (χ1) is 10.5. The first-order valence-electron chi connectivity index (χ1n) is 7.23. The molecular formula is C18H20ClNOS. The van der Waals surface area contributed by atoms with Gasteiger partial charge in [0.25, 0.3) is 0 Å². The van der Waals surface area contributed by atoms with Crippen LogP contribution in [-0.4, -0.2) is 16.0 Å². The van der Waals surface area contributed by atoms with Crippen molar-refractivity contribution in [3.8, 4) is 0 Å². The van der Waals surface area contributed by atoms with E-state index >= 15 is 0 Å². The second-order valence-corrected chi connectivity index (χ2v) is 7.48. The van der Waals surface area contributed by atoms with E-state index in [-0.39, 0.29) is 11.3 Å². The lowest BCUT2D eigenvalue weighted by Crippen LogP contribution is -2.47. The number of hydrogen-bond donors (Lipinski definition) is 1. The fourth-order valence-electron chi connectivity index (χ4n) is 2.00. The lowest BCUT2D eigenvalue weighted by atomic mass is 10.1. The van der Waals surface area contributed by atoms with Gasteiger partial charge < -0.3 is 5.32 Å². The monoisotopic (exact) mass is 333 g/mol. The largest absolute Gasteiger partial charge is 0.351 e. The molecule has 2 aromatic carbocycles. The maximum Gasteiger partial charge on any atom is 0.238 e. The number of hydrogen-bond acceptors (Lipinski definition) is 2. The topological polar surface area (TPSA) is 29.1 Å². The van der Waals surface area contributed by atoms with Crippen LogP contribution in [0.4, 0.5) is 0 Å². The van der Waals surface area contributed by atoms with E-state index in [1.54, 1.807) is 0 Å². The van der Waals surface area contributed by atoms with Crippen LogP contribution in [0.1, 0.15) is 19.4 Å². The van der Waals surface area contributed by atoms with Gasteiger partial charge in [-0.15, -0.1) is 23.4 Å². The zero-order chi connectivity index (χ0) is 16.0. The Labute approximate surface area is 141 Å². The standard InChI is InChI=1S/C18H20ClNOS/c1-14(19)18(2,22-16-11-7-4-8-12-16)17(21)20-13-15-9-5-3-6-10-15/h3-12,14H,13H2,1-2H3,(H,20,21). The SMILES string of the molecule is CC(Cl)C(C)(Sc1ccccc1)C(=O)NCc1ccccc1. The van der Waals surface area contributed by atoms with Crippen molar-refractivity contribution in [3.63, 3.8) is 0 Å². The lowest BCUT2D eigenvalue weighted by Gasteiger charge is -2.30. The molecule has 0 aliphatic rings. The zero-order valence-corrected chi connectivity index (χ0v) is 14.3. The van der Waals surface area contributed by atoms with Crippen LogP contribution < -0.4 is 5.32 Å². The Morgan fingerprint density at radius 2 is 1.68 bits per heavy atom. The Bertz CT molecular complexity index is 603. The number of rotatable bonds is 6. The second kappa shape index (κ2) is 7.70. The average molecular weight is 334 g/mol. The summed E-state index contributed by atoms with van der Waals surface area (Å²) in [7, 11) is 0. The summed E-state index contributed by atoms with van der Waals surface area (Å²) in [5.74, 6) is -0.0484. The highest BCUT2D eigenvalue weighted by Crippen LogP contribution is 2.38. The summed E-state index contributed by atoms with van der Waals surface area (Å²) >= 11 is 7.83. The molecule has 0 bridgehead atoms. The number of thioether (sulfide) groups is 1. The molecule has 22 heavy (non-hydrogen) atoms. The average Bonchev–Trinajstić information content (AvgIpc) is 2.54. The van der Waals surface area contributed by atoms with Crippen LogP contribution in [0.25, 0.3) is 0 Å². The molecule has 1 N–H and O–H groups in total. The molecule has 2 rings (SSSR count). The summed E-state index contributed by atoms with van der Waals surface area (Å²) in [4.78, 5) is 13.7. The van der Waals surface area contributed by atoms with E-state index in [1.165, 1.54) is 11.8 Å². The summed E-state index contributed by atoms with van der Waals surface area (Å²) < 4.78 is -0.725. The van der Waals surface area contributed by atoms with Gasteiger partial charge in [0.2, 0.25) is 5.91 Å². The number of nitrogens with one attached hydrogen (secondary N) is 1. The molecule has 0 aliphatic heterocycles. The summed E-state index contributed by atoms with van der Waals surface area (Å²) in [6.45, 7) is 4.26. The highest BCUT2D eigenvalue weighted by Gasteiger charge is 2.39. The quantitative estimate of drug-likeness (QED) is 0.623. The van der Waals surface area contributed by atoms with Crippen molar-refractivity contribution in [2.24, 2.45) is 0 Å². The minimum Gasteiger partial charge on any atom is -0.351 e. The normalized spacial score (nSPS) is 14.9. The van der Waals surface area contributed by atoms with Crippen molar-refractivity contribution in [2.75, 3.05) is 0 Å². The van der Waals surface area contributed by atoms with E-state index in [0.29, 0.717) is 6.54 Å². The molecule has 0 fully saturated rings. The molecule has 1 amide bonds. The van der Waals surface area contributed by atoms with E-state index in [2.05, 4.69) is 5.32 Å². The van der Waals surface area contributed by atoms with E-state index < -0.39 is 4.75 Å². The molecule has 116 valence electrons. The fourth-order valence-corrected chi connectivity index (χ4v) is 3.34. The smallest absolute Gasteiger partial charge is 0.238 e.